The lowest BCUT2D eigenvalue weighted by Gasteiger charge is -2.25. The smallest absolute Gasteiger partial charge is 0.232 e. The van der Waals surface area contributed by atoms with Crippen LogP contribution in [0.25, 0.3) is 0 Å². The summed E-state index contributed by atoms with van der Waals surface area (Å²) >= 11 is 0. The number of hydrogen-bond donors (Lipinski definition) is 1. The fourth-order valence-electron chi connectivity index (χ4n) is 3.29. The highest BCUT2D eigenvalue weighted by Gasteiger charge is 2.20. The number of amides is 1. The van der Waals surface area contributed by atoms with Crippen LogP contribution in [0.5, 0.6) is 0 Å². The molecule has 1 atom stereocenters. The number of hydrogen-bond acceptors (Lipinski definition) is 3. The zero-order chi connectivity index (χ0) is 21.6. The molecule has 0 aromatic heterocycles. The molecule has 0 spiro atoms. The van der Waals surface area contributed by atoms with E-state index in [0.717, 1.165) is 23.1 Å². The summed E-state index contributed by atoms with van der Waals surface area (Å²) in [4.78, 5) is 12.4. The third-order valence-electron chi connectivity index (χ3n) is 5.28. The summed E-state index contributed by atoms with van der Waals surface area (Å²) in [5.74, 6) is -0.0773. The van der Waals surface area contributed by atoms with Gasteiger partial charge in [-0.2, -0.15) is 0 Å². The average Bonchev–Trinajstić information content (AvgIpc) is 2.67. The molecule has 0 aliphatic carbocycles. The number of carbonyl (C=O) groups excluding carboxylic acids is 1. The van der Waals surface area contributed by atoms with Crippen molar-refractivity contribution >= 4 is 21.6 Å². The lowest BCUT2D eigenvalue weighted by Crippen LogP contribution is -2.33. The van der Waals surface area contributed by atoms with Crippen LogP contribution in [0, 0.1) is 13.8 Å². The van der Waals surface area contributed by atoms with Gasteiger partial charge in [-0.05, 0) is 61.9 Å². The Morgan fingerprint density at radius 1 is 1.10 bits per heavy atom. The highest BCUT2D eigenvalue weighted by Crippen LogP contribution is 2.25. The number of benzene rings is 2. The molecule has 29 heavy (non-hydrogen) atoms. The van der Waals surface area contributed by atoms with Gasteiger partial charge in [0.05, 0.1) is 18.0 Å². The van der Waals surface area contributed by atoms with Gasteiger partial charge in [0.2, 0.25) is 15.9 Å². The molecule has 5 nitrogen and oxygen atoms in total. The van der Waals surface area contributed by atoms with E-state index < -0.39 is 10.0 Å². The third kappa shape index (κ3) is 6.32. The fourth-order valence-corrected chi connectivity index (χ4v) is 4.31. The molecule has 2 aromatic carbocycles. The molecule has 158 valence electrons. The Morgan fingerprint density at radius 2 is 1.76 bits per heavy atom. The lowest BCUT2D eigenvalue weighted by atomic mass is 10.0. The topological polar surface area (TPSA) is 66.5 Å². The van der Waals surface area contributed by atoms with Crippen molar-refractivity contribution in [2.45, 2.75) is 53.0 Å². The molecule has 0 heterocycles. The molecular formula is C23H32N2O3S. The second-order valence-electron chi connectivity index (χ2n) is 7.54. The first-order valence-electron chi connectivity index (χ1n) is 10.1. The van der Waals surface area contributed by atoms with E-state index in [1.54, 1.807) is 0 Å². The molecule has 2 rings (SSSR count). The second-order valence-corrected chi connectivity index (χ2v) is 9.45. The van der Waals surface area contributed by atoms with Crippen molar-refractivity contribution in [2.24, 2.45) is 0 Å². The van der Waals surface area contributed by atoms with Crippen LogP contribution in [0.15, 0.2) is 42.5 Å². The van der Waals surface area contributed by atoms with Gasteiger partial charge in [0, 0.05) is 13.0 Å². The average molecular weight is 417 g/mol. The van der Waals surface area contributed by atoms with Gasteiger partial charge in [0.15, 0.2) is 0 Å². The van der Waals surface area contributed by atoms with E-state index in [2.05, 4.69) is 24.4 Å². The van der Waals surface area contributed by atoms with Crippen LogP contribution in [0.3, 0.4) is 0 Å². The Labute approximate surface area is 175 Å². The molecule has 1 amide bonds. The fraction of sp³-hybridized carbons (Fsp3) is 0.435. The van der Waals surface area contributed by atoms with E-state index in [9.17, 15) is 13.2 Å². The summed E-state index contributed by atoms with van der Waals surface area (Å²) in [7, 11) is -3.43. The summed E-state index contributed by atoms with van der Waals surface area (Å²) in [5.41, 5.74) is 4.98. The van der Waals surface area contributed by atoms with Gasteiger partial charge >= 0.3 is 0 Å². The van der Waals surface area contributed by atoms with Crippen LogP contribution in [0.2, 0.25) is 0 Å². The first-order valence-corrected chi connectivity index (χ1v) is 11.9. The summed E-state index contributed by atoms with van der Waals surface area (Å²) in [5, 5.41) is 3.00. The number of nitrogens with zero attached hydrogens (tertiary/aromatic N) is 1. The minimum atomic E-state index is -3.43. The zero-order valence-electron chi connectivity index (χ0n) is 18.0. The second kappa shape index (κ2) is 9.92. The van der Waals surface area contributed by atoms with Crippen LogP contribution >= 0.6 is 0 Å². The third-order valence-corrected chi connectivity index (χ3v) is 6.46. The summed E-state index contributed by atoms with van der Waals surface area (Å²) in [6.45, 7) is 8.22. The molecule has 0 radical (unpaired) electrons. The molecule has 0 fully saturated rings. The van der Waals surface area contributed by atoms with Crippen molar-refractivity contribution in [1.29, 1.82) is 0 Å². The van der Waals surface area contributed by atoms with Crippen molar-refractivity contribution in [2.75, 3.05) is 17.1 Å². The molecule has 2 aromatic rings. The molecule has 0 saturated heterocycles. The largest absolute Gasteiger partial charge is 0.350 e. The SMILES string of the molecule is CCc1ccc([C@H](C)NC(=O)CCCN(c2cccc(C)c2C)S(C)(=O)=O)cc1. The van der Waals surface area contributed by atoms with Gasteiger partial charge in [-0.25, -0.2) is 8.42 Å². The maximum atomic E-state index is 12.4. The van der Waals surface area contributed by atoms with Gasteiger partial charge in [-0.15, -0.1) is 0 Å². The number of carbonyl (C=O) groups is 1. The van der Waals surface area contributed by atoms with E-state index in [-0.39, 0.29) is 24.9 Å². The van der Waals surface area contributed by atoms with Crippen LogP contribution in [0.1, 0.15) is 55.0 Å². The van der Waals surface area contributed by atoms with Gasteiger partial charge in [0.25, 0.3) is 0 Å². The number of anilines is 1. The monoisotopic (exact) mass is 416 g/mol. The molecule has 0 aliphatic heterocycles. The first-order chi connectivity index (χ1) is 13.6. The highest BCUT2D eigenvalue weighted by atomic mass is 32.2. The Hall–Kier alpha value is -2.34. The predicted octanol–water partition coefficient (Wildman–Crippen LogP) is 4.29. The summed E-state index contributed by atoms with van der Waals surface area (Å²) in [6, 6.07) is 13.8. The molecule has 0 unspecified atom stereocenters. The molecule has 6 heteroatoms. The predicted molar refractivity (Wildman–Crippen MR) is 120 cm³/mol. The Kier molecular flexibility index (Phi) is 7.85. The Morgan fingerprint density at radius 3 is 2.34 bits per heavy atom. The Balaban J connectivity index is 1.96. The van der Waals surface area contributed by atoms with Crippen molar-refractivity contribution in [3.8, 4) is 0 Å². The van der Waals surface area contributed by atoms with E-state index in [4.69, 9.17) is 0 Å². The number of rotatable bonds is 9. The van der Waals surface area contributed by atoms with Crippen molar-refractivity contribution < 1.29 is 13.2 Å². The zero-order valence-corrected chi connectivity index (χ0v) is 18.8. The van der Waals surface area contributed by atoms with Crippen LogP contribution in [-0.2, 0) is 21.2 Å². The van der Waals surface area contributed by atoms with Crippen LogP contribution in [-0.4, -0.2) is 27.1 Å². The minimum Gasteiger partial charge on any atom is -0.350 e. The van der Waals surface area contributed by atoms with Gasteiger partial charge in [0.1, 0.15) is 0 Å². The normalized spacial score (nSPS) is 12.4. The summed E-state index contributed by atoms with van der Waals surface area (Å²) < 4.78 is 26.0. The number of nitrogens with one attached hydrogen (secondary N) is 1. The Bertz CT molecular complexity index is 937. The van der Waals surface area contributed by atoms with Crippen molar-refractivity contribution in [3.63, 3.8) is 0 Å². The molecular weight excluding hydrogens is 384 g/mol. The molecule has 0 bridgehead atoms. The molecule has 0 aliphatic rings. The van der Waals surface area contributed by atoms with Gasteiger partial charge < -0.3 is 5.32 Å². The number of aryl methyl sites for hydroxylation is 2. The van der Waals surface area contributed by atoms with Gasteiger partial charge in [-0.1, -0.05) is 43.3 Å². The minimum absolute atomic E-state index is 0.0773. The van der Waals surface area contributed by atoms with Gasteiger partial charge in [-0.3, -0.25) is 9.10 Å². The standard InChI is InChI=1S/C23H32N2O3S/c1-6-20-12-14-21(15-13-20)19(4)24-23(26)11-8-16-25(29(5,27)28)22-10-7-9-17(2)18(22)3/h7,9-10,12-15,19H,6,8,11,16H2,1-5H3,(H,24,26)/t19-/m0/s1. The maximum absolute atomic E-state index is 12.4. The van der Waals surface area contributed by atoms with Crippen LogP contribution < -0.4 is 9.62 Å². The van der Waals surface area contributed by atoms with E-state index in [0.29, 0.717) is 12.1 Å². The number of sulfonamides is 1. The lowest BCUT2D eigenvalue weighted by molar-refractivity contribution is -0.121. The van der Waals surface area contributed by atoms with E-state index in [1.807, 2.05) is 51.1 Å². The first kappa shape index (κ1) is 22.9. The molecule has 1 N–H and O–H groups in total. The van der Waals surface area contributed by atoms with E-state index >= 15 is 0 Å². The maximum Gasteiger partial charge on any atom is 0.232 e. The van der Waals surface area contributed by atoms with Crippen molar-refractivity contribution in [1.82, 2.24) is 5.32 Å². The summed E-state index contributed by atoms with van der Waals surface area (Å²) in [6.07, 6.45) is 2.91. The quantitative estimate of drug-likeness (QED) is 0.663. The van der Waals surface area contributed by atoms with Crippen LogP contribution in [0.4, 0.5) is 5.69 Å². The molecule has 0 saturated carbocycles. The van der Waals surface area contributed by atoms with Crippen molar-refractivity contribution in [3.05, 3.63) is 64.7 Å². The highest BCUT2D eigenvalue weighted by molar-refractivity contribution is 7.92. The van der Waals surface area contributed by atoms with E-state index in [1.165, 1.54) is 16.1 Å².